The summed E-state index contributed by atoms with van der Waals surface area (Å²) in [5, 5.41) is 8.83. The minimum absolute atomic E-state index is 0.227. The fourth-order valence-corrected chi connectivity index (χ4v) is 2.27. The summed E-state index contributed by atoms with van der Waals surface area (Å²) < 4.78 is 0. The van der Waals surface area contributed by atoms with E-state index < -0.39 is 5.97 Å². The van der Waals surface area contributed by atoms with Crippen LogP contribution < -0.4 is 11.5 Å². The number of carbonyl (C=O) groups excluding carboxylic acids is 1. The Bertz CT molecular complexity index is 367. The van der Waals surface area contributed by atoms with Gasteiger partial charge in [-0.2, -0.15) is 10.1 Å². The molecule has 5 N–H and O–H groups in total. The van der Waals surface area contributed by atoms with Crippen LogP contribution in [0.3, 0.4) is 0 Å². The van der Waals surface area contributed by atoms with Crippen molar-refractivity contribution in [2.24, 2.45) is 16.5 Å². The van der Waals surface area contributed by atoms with Crippen molar-refractivity contribution < 1.29 is 9.63 Å². The van der Waals surface area contributed by atoms with E-state index >= 15 is 0 Å². The summed E-state index contributed by atoms with van der Waals surface area (Å²) in [5.74, 6) is -0.973. The molecule has 0 fully saturated rings. The predicted octanol–water partition coefficient (Wildman–Crippen LogP) is 2.90. The van der Waals surface area contributed by atoms with E-state index in [0.717, 1.165) is 24.3 Å². The first-order valence-corrected chi connectivity index (χ1v) is 8.61. The first-order valence-electron chi connectivity index (χ1n) is 8.61. The Morgan fingerprint density at radius 3 is 1.91 bits per heavy atom. The van der Waals surface area contributed by atoms with Crippen molar-refractivity contribution in [2.45, 2.75) is 78.1 Å². The summed E-state index contributed by atoms with van der Waals surface area (Å²) >= 11 is 0. The molecule has 0 amide bonds. The van der Waals surface area contributed by atoms with Gasteiger partial charge in [-0.1, -0.05) is 64.7 Å². The van der Waals surface area contributed by atoms with Gasteiger partial charge in [-0.05, 0) is 6.42 Å². The van der Waals surface area contributed by atoms with Crippen molar-refractivity contribution >= 4 is 17.9 Å². The quantitative estimate of drug-likeness (QED) is 0.233. The predicted molar refractivity (Wildman–Crippen MR) is 93.9 cm³/mol. The number of aliphatic imine (C=N–C) groups is 1. The minimum Gasteiger partial charge on any atom is -0.370 e. The van der Waals surface area contributed by atoms with Gasteiger partial charge in [0.25, 0.3) is 5.96 Å². The number of nitrogens with two attached hydrogens (primary N) is 2. The van der Waals surface area contributed by atoms with Gasteiger partial charge in [-0.15, -0.1) is 0 Å². The molecule has 0 spiro atoms. The molecule has 0 bridgehead atoms. The molecule has 0 heterocycles. The van der Waals surface area contributed by atoms with Crippen LogP contribution in [0.4, 0.5) is 0 Å². The summed E-state index contributed by atoms with van der Waals surface area (Å²) in [7, 11) is 0. The molecule has 0 aromatic rings. The van der Waals surface area contributed by atoms with Crippen LogP contribution in [0.15, 0.2) is 4.99 Å². The average Bonchev–Trinajstić information content (AvgIpc) is 2.46. The lowest BCUT2D eigenvalue weighted by Gasteiger charge is -2.20. The molecule has 7 heteroatoms. The molecule has 0 unspecified atom stereocenters. The molecule has 23 heavy (non-hydrogen) atoms. The van der Waals surface area contributed by atoms with E-state index in [1.54, 1.807) is 0 Å². The molecule has 0 aromatic heterocycles. The molecular formula is C16H33N5O2. The monoisotopic (exact) mass is 327 g/mol. The summed E-state index contributed by atoms with van der Waals surface area (Å²) in [4.78, 5) is 19.6. The number of unbranched alkanes of at least 4 members (excludes halogenated alkanes) is 9. The second kappa shape index (κ2) is 13.8. The third-order valence-corrected chi connectivity index (χ3v) is 3.42. The van der Waals surface area contributed by atoms with E-state index in [-0.39, 0.29) is 11.9 Å². The molecule has 0 saturated carbocycles. The van der Waals surface area contributed by atoms with E-state index in [1.807, 2.05) is 0 Å². The molecule has 0 aliphatic carbocycles. The van der Waals surface area contributed by atoms with Crippen LogP contribution >= 0.6 is 0 Å². The second-order valence-corrected chi connectivity index (χ2v) is 5.73. The van der Waals surface area contributed by atoms with E-state index in [1.165, 1.54) is 51.9 Å². The Balaban J connectivity index is 3.81. The molecule has 0 aromatic carbocycles. The first kappa shape index (κ1) is 21.2. The topological polar surface area (TPSA) is 118 Å². The highest BCUT2D eigenvalue weighted by Crippen LogP contribution is 2.11. The van der Waals surface area contributed by atoms with Gasteiger partial charge >= 0.3 is 5.97 Å². The number of nitrogens with one attached hydrogen (secondary N) is 1. The van der Waals surface area contributed by atoms with Gasteiger partial charge in [0, 0.05) is 6.92 Å². The van der Waals surface area contributed by atoms with E-state index in [4.69, 9.17) is 21.7 Å². The van der Waals surface area contributed by atoms with E-state index in [0.29, 0.717) is 6.54 Å². The van der Waals surface area contributed by atoms with E-state index in [9.17, 15) is 4.79 Å². The number of hydrogen-bond donors (Lipinski definition) is 3. The van der Waals surface area contributed by atoms with Crippen LogP contribution in [0.2, 0.25) is 0 Å². The van der Waals surface area contributed by atoms with Crippen LogP contribution in [-0.2, 0) is 9.63 Å². The standard InChI is InChI=1S/C16H33N5O2/c1-3-4-5-6-7-8-9-10-11-12-13-21(23-14(2)22)16(19)20-15(17)18/h3-13H2,1-2H3,(H5,17,18,19,20). The Hall–Kier alpha value is -1.79. The molecular weight excluding hydrogens is 294 g/mol. The fourth-order valence-electron chi connectivity index (χ4n) is 2.27. The normalized spacial score (nSPS) is 10.2. The molecule has 7 nitrogen and oxygen atoms in total. The number of hydrogen-bond acceptors (Lipinski definition) is 3. The first-order chi connectivity index (χ1) is 11.0. The average molecular weight is 327 g/mol. The van der Waals surface area contributed by atoms with Crippen LogP contribution in [0.5, 0.6) is 0 Å². The largest absolute Gasteiger partial charge is 0.370 e. The molecule has 0 atom stereocenters. The van der Waals surface area contributed by atoms with Crippen LogP contribution in [-0.4, -0.2) is 29.5 Å². The highest BCUT2D eigenvalue weighted by atomic mass is 16.7. The van der Waals surface area contributed by atoms with Gasteiger partial charge in [0.15, 0.2) is 5.96 Å². The lowest BCUT2D eigenvalue weighted by atomic mass is 10.1. The summed E-state index contributed by atoms with van der Waals surface area (Å²) in [6, 6.07) is 0. The fraction of sp³-hybridized carbons (Fsp3) is 0.812. The Morgan fingerprint density at radius 1 is 1.00 bits per heavy atom. The van der Waals surface area contributed by atoms with Crippen molar-refractivity contribution in [1.82, 2.24) is 5.06 Å². The lowest BCUT2D eigenvalue weighted by Crippen LogP contribution is -2.35. The summed E-state index contributed by atoms with van der Waals surface area (Å²) in [5.41, 5.74) is 10.5. The SMILES string of the molecule is CCCCCCCCCCCCN(OC(C)=O)C(=N)N=C(N)N. The third kappa shape index (κ3) is 13.6. The third-order valence-electron chi connectivity index (χ3n) is 3.42. The van der Waals surface area contributed by atoms with Crippen molar-refractivity contribution in [2.75, 3.05) is 6.54 Å². The van der Waals surface area contributed by atoms with Crippen molar-refractivity contribution in [3.05, 3.63) is 0 Å². The van der Waals surface area contributed by atoms with Crippen LogP contribution in [0.1, 0.15) is 78.1 Å². The zero-order valence-electron chi connectivity index (χ0n) is 14.6. The number of guanidine groups is 2. The molecule has 0 saturated heterocycles. The molecule has 0 rings (SSSR count). The Kier molecular flexibility index (Phi) is 12.8. The lowest BCUT2D eigenvalue weighted by molar-refractivity contribution is -0.170. The summed E-state index contributed by atoms with van der Waals surface area (Å²) in [6.45, 7) is 3.94. The van der Waals surface area contributed by atoms with Gasteiger partial charge in [0.05, 0.1) is 6.54 Å². The number of rotatable bonds is 11. The maximum atomic E-state index is 11.1. The van der Waals surface area contributed by atoms with Gasteiger partial charge in [0.2, 0.25) is 0 Å². The molecule has 0 aliphatic rings. The van der Waals surface area contributed by atoms with Gasteiger partial charge in [0.1, 0.15) is 0 Å². The highest BCUT2D eigenvalue weighted by Gasteiger charge is 2.12. The van der Waals surface area contributed by atoms with Crippen LogP contribution in [0.25, 0.3) is 0 Å². The zero-order valence-corrected chi connectivity index (χ0v) is 14.6. The van der Waals surface area contributed by atoms with Gasteiger partial charge in [-0.25, -0.2) is 0 Å². The van der Waals surface area contributed by atoms with Crippen molar-refractivity contribution in [1.29, 1.82) is 5.41 Å². The minimum atomic E-state index is -0.493. The van der Waals surface area contributed by atoms with Crippen molar-refractivity contribution in [3.8, 4) is 0 Å². The second-order valence-electron chi connectivity index (χ2n) is 5.73. The maximum absolute atomic E-state index is 11.1. The van der Waals surface area contributed by atoms with Gasteiger partial charge in [-0.3, -0.25) is 10.2 Å². The maximum Gasteiger partial charge on any atom is 0.329 e. The number of hydroxylamine groups is 2. The van der Waals surface area contributed by atoms with Gasteiger partial charge < -0.3 is 16.3 Å². The molecule has 0 aliphatic heterocycles. The number of carbonyl (C=O) groups is 1. The Morgan fingerprint density at radius 2 is 1.48 bits per heavy atom. The Labute approximate surface area is 139 Å². The number of nitrogens with zero attached hydrogens (tertiary/aromatic N) is 2. The molecule has 0 radical (unpaired) electrons. The summed E-state index contributed by atoms with van der Waals surface area (Å²) in [6.07, 6.45) is 12.1. The van der Waals surface area contributed by atoms with Crippen molar-refractivity contribution in [3.63, 3.8) is 0 Å². The highest BCUT2D eigenvalue weighted by molar-refractivity contribution is 5.91. The zero-order chi connectivity index (χ0) is 17.5. The van der Waals surface area contributed by atoms with E-state index in [2.05, 4.69) is 11.9 Å². The molecule has 134 valence electrons. The smallest absolute Gasteiger partial charge is 0.329 e. The van der Waals surface area contributed by atoms with Crippen LogP contribution in [0, 0.1) is 5.41 Å².